The van der Waals surface area contributed by atoms with Crippen molar-refractivity contribution in [1.82, 2.24) is 19.4 Å². The van der Waals surface area contributed by atoms with E-state index in [4.69, 9.17) is 0 Å². The number of pyridine rings is 1. The molecule has 36 heavy (non-hydrogen) atoms. The number of aryl methyl sites for hydroxylation is 2. The van der Waals surface area contributed by atoms with Gasteiger partial charge in [-0.25, -0.2) is 9.97 Å². The molecule has 1 aromatic carbocycles. The Morgan fingerprint density at radius 2 is 1.94 bits per heavy atom. The van der Waals surface area contributed by atoms with Gasteiger partial charge in [-0.2, -0.15) is 0 Å². The minimum atomic E-state index is -1.02. The van der Waals surface area contributed by atoms with E-state index in [0.717, 1.165) is 16.2 Å². The van der Waals surface area contributed by atoms with Gasteiger partial charge >= 0.3 is 0 Å². The molecule has 0 bridgehead atoms. The zero-order valence-electron chi connectivity index (χ0n) is 20.4. The van der Waals surface area contributed by atoms with Crippen LogP contribution < -0.4 is 5.32 Å². The largest absolute Gasteiger partial charge is 0.310 e. The van der Waals surface area contributed by atoms with Gasteiger partial charge in [0.25, 0.3) is 0 Å². The van der Waals surface area contributed by atoms with Gasteiger partial charge in [0.05, 0.1) is 34.0 Å². The second-order valence-electron chi connectivity index (χ2n) is 9.22. The monoisotopic (exact) mass is 501 g/mol. The molecule has 1 amide bonds. The summed E-state index contributed by atoms with van der Waals surface area (Å²) in [4.78, 5) is 40.6. The van der Waals surface area contributed by atoms with Crippen LogP contribution in [0.25, 0.3) is 5.65 Å². The number of rotatable bonds is 6. The number of hydrogen-bond acceptors (Lipinski definition) is 6. The average molecular weight is 502 g/mol. The number of nitrogens with one attached hydrogen (secondary N) is 1. The number of aromatic nitrogens is 4. The molecule has 9 heteroatoms. The summed E-state index contributed by atoms with van der Waals surface area (Å²) in [6.45, 7) is 5.75. The Bertz CT molecular complexity index is 1510. The van der Waals surface area contributed by atoms with Crippen LogP contribution in [0, 0.1) is 6.92 Å². The molecule has 0 fully saturated rings. The molecular weight excluding hydrogens is 474 g/mol. The Hall–Kier alpha value is -3.72. The van der Waals surface area contributed by atoms with Crippen LogP contribution in [0.1, 0.15) is 53.3 Å². The summed E-state index contributed by atoms with van der Waals surface area (Å²) in [6, 6.07) is 10.6. The fourth-order valence-corrected chi connectivity index (χ4v) is 5.48. The van der Waals surface area contributed by atoms with Gasteiger partial charge in [-0.1, -0.05) is 19.1 Å². The number of carbonyl (C=O) groups is 2. The number of fused-ring (bicyclic) bond motifs is 2. The topological polar surface area (TPSA) is 106 Å². The number of ketones is 1. The number of anilines is 1. The maximum Gasteiger partial charge on any atom is 0.229 e. The number of hydrogen-bond donors (Lipinski definition) is 1. The van der Waals surface area contributed by atoms with Crippen molar-refractivity contribution in [3.05, 3.63) is 83.2 Å². The molecule has 3 aromatic heterocycles. The molecule has 184 valence electrons. The molecule has 0 spiro atoms. The summed E-state index contributed by atoms with van der Waals surface area (Å²) < 4.78 is 13.8. The van der Waals surface area contributed by atoms with Crippen LogP contribution in [0.15, 0.2) is 59.9 Å². The highest BCUT2D eigenvalue weighted by Gasteiger charge is 2.43. The number of Topliss-reactive ketones (excluding diaryl/α,β-unsaturated/α-hetero) is 1. The highest BCUT2D eigenvalue weighted by molar-refractivity contribution is 7.85. The summed E-state index contributed by atoms with van der Waals surface area (Å²) in [5.41, 5.74) is 3.58. The van der Waals surface area contributed by atoms with E-state index in [0.29, 0.717) is 47.0 Å². The van der Waals surface area contributed by atoms with Gasteiger partial charge in [0.15, 0.2) is 11.4 Å². The Labute approximate surface area is 211 Å². The first-order valence-electron chi connectivity index (χ1n) is 11.9. The summed E-state index contributed by atoms with van der Waals surface area (Å²) >= 11 is 0. The number of benzene rings is 1. The lowest BCUT2D eigenvalue weighted by Gasteiger charge is -2.32. The normalized spacial score (nSPS) is 18.1. The summed E-state index contributed by atoms with van der Waals surface area (Å²) in [5.74, 6) is 0.730. The van der Waals surface area contributed by atoms with Crippen LogP contribution in [0.2, 0.25) is 0 Å². The molecule has 4 aromatic rings. The molecule has 0 saturated heterocycles. The highest BCUT2D eigenvalue weighted by atomic mass is 32.2. The number of carbonyl (C=O) groups excluding carboxylic acids is 2. The second kappa shape index (κ2) is 9.39. The van der Waals surface area contributed by atoms with Gasteiger partial charge in [-0.15, -0.1) is 0 Å². The van der Waals surface area contributed by atoms with Gasteiger partial charge in [0.1, 0.15) is 5.82 Å². The fourth-order valence-electron chi connectivity index (χ4n) is 4.70. The maximum atomic E-state index is 13.6. The Kier molecular flexibility index (Phi) is 6.26. The van der Waals surface area contributed by atoms with Crippen LogP contribution >= 0.6 is 0 Å². The number of nitrogens with zero attached hydrogens (tertiary/aromatic N) is 4. The lowest BCUT2D eigenvalue weighted by atomic mass is 9.71. The summed E-state index contributed by atoms with van der Waals surface area (Å²) in [6.07, 6.45) is 6.64. The van der Waals surface area contributed by atoms with E-state index in [9.17, 15) is 13.8 Å². The molecule has 1 aliphatic rings. The van der Waals surface area contributed by atoms with E-state index in [-0.39, 0.29) is 18.1 Å². The number of imidazole rings is 1. The molecule has 0 aliphatic heterocycles. The third kappa shape index (κ3) is 4.24. The van der Waals surface area contributed by atoms with Gasteiger partial charge in [-0.3, -0.25) is 18.8 Å². The van der Waals surface area contributed by atoms with Crippen molar-refractivity contribution in [1.29, 1.82) is 0 Å². The molecule has 1 N–H and O–H groups in total. The lowest BCUT2D eigenvalue weighted by molar-refractivity contribution is -0.115. The maximum absolute atomic E-state index is 13.6. The molecule has 5 rings (SSSR count). The van der Waals surface area contributed by atoms with Crippen LogP contribution in [0.3, 0.4) is 0 Å². The fraction of sp³-hybridized carbons (Fsp3) is 0.296. The van der Waals surface area contributed by atoms with E-state index >= 15 is 0 Å². The molecular formula is C27H27N5O3S. The Balaban J connectivity index is 1.33. The smallest absolute Gasteiger partial charge is 0.229 e. The SMILES string of the molecule is CCS(=O)c1ccc(CC(=O)Nc2ccc3c(n2)CCC(C)(c2nccn4c(C)cnc24)C3=O)cc1. The molecule has 3 heterocycles. The van der Waals surface area contributed by atoms with Crippen molar-refractivity contribution < 1.29 is 13.8 Å². The van der Waals surface area contributed by atoms with Gasteiger partial charge < -0.3 is 9.72 Å². The zero-order chi connectivity index (χ0) is 25.4. The first kappa shape index (κ1) is 24.0. The summed E-state index contributed by atoms with van der Waals surface area (Å²) in [7, 11) is -1.02. The van der Waals surface area contributed by atoms with Gasteiger partial charge in [0.2, 0.25) is 5.91 Å². The molecule has 2 atom stereocenters. The second-order valence-corrected chi connectivity index (χ2v) is 11.0. The third-order valence-corrected chi connectivity index (χ3v) is 8.12. The molecule has 0 radical (unpaired) electrons. The van der Waals surface area contributed by atoms with E-state index in [1.807, 2.05) is 43.5 Å². The summed E-state index contributed by atoms with van der Waals surface area (Å²) in [5, 5.41) is 2.84. The first-order chi connectivity index (χ1) is 17.3. The third-order valence-electron chi connectivity index (χ3n) is 6.80. The molecule has 8 nitrogen and oxygen atoms in total. The molecule has 0 saturated carbocycles. The van der Waals surface area contributed by atoms with Gasteiger partial charge in [0, 0.05) is 40.5 Å². The first-order valence-corrected chi connectivity index (χ1v) is 13.2. The Morgan fingerprint density at radius 3 is 2.69 bits per heavy atom. The van der Waals surface area contributed by atoms with E-state index in [1.54, 1.807) is 36.7 Å². The van der Waals surface area contributed by atoms with Crippen LogP contribution in [0.5, 0.6) is 0 Å². The minimum Gasteiger partial charge on any atom is -0.310 e. The van der Waals surface area contributed by atoms with E-state index in [2.05, 4.69) is 20.3 Å². The van der Waals surface area contributed by atoms with Crippen LogP contribution in [0.4, 0.5) is 5.82 Å². The quantitative estimate of drug-likeness (QED) is 0.430. The number of amides is 1. The van der Waals surface area contributed by atoms with Crippen molar-refractivity contribution in [3.8, 4) is 0 Å². The lowest BCUT2D eigenvalue weighted by Crippen LogP contribution is -2.39. The predicted octanol–water partition coefficient (Wildman–Crippen LogP) is 3.83. The average Bonchev–Trinajstić information content (AvgIpc) is 3.27. The van der Waals surface area contributed by atoms with Crippen LogP contribution in [-0.2, 0) is 33.9 Å². The molecule has 2 unspecified atom stereocenters. The van der Waals surface area contributed by atoms with E-state index < -0.39 is 16.2 Å². The van der Waals surface area contributed by atoms with Crippen molar-refractivity contribution in [2.45, 2.75) is 50.3 Å². The predicted molar refractivity (Wildman–Crippen MR) is 138 cm³/mol. The highest BCUT2D eigenvalue weighted by Crippen LogP contribution is 2.38. The van der Waals surface area contributed by atoms with Gasteiger partial charge in [-0.05, 0) is 56.5 Å². The van der Waals surface area contributed by atoms with Crippen molar-refractivity contribution in [3.63, 3.8) is 0 Å². The standard InChI is InChI=1S/C27H27N5O3S/c1-4-36(35)19-7-5-18(6-8-19)15-23(33)31-22-10-9-20-21(30-22)11-12-27(3,25(20)34)24-26-29-16-17(2)32(26)14-13-28-24/h5-10,13-14,16H,4,11-12,15H2,1-3H3,(H,30,31,33). The minimum absolute atomic E-state index is 0.0417. The zero-order valence-corrected chi connectivity index (χ0v) is 21.3. The van der Waals surface area contributed by atoms with Crippen molar-refractivity contribution >= 4 is 34.0 Å². The Morgan fingerprint density at radius 1 is 1.17 bits per heavy atom. The van der Waals surface area contributed by atoms with Crippen molar-refractivity contribution in [2.24, 2.45) is 0 Å². The van der Waals surface area contributed by atoms with E-state index in [1.165, 1.54) is 0 Å². The van der Waals surface area contributed by atoms with Crippen LogP contribution in [-0.4, -0.2) is 41.0 Å². The van der Waals surface area contributed by atoms with Crippen molar-refractivity contribution in [2.75, 3.05) is 11.1 Å². The molecule has 1 aliphatic carbocycles.